The summed E-state index contributed by atoms with van der Waals surface area (Å²) in [5.74, 6) is 0.336. The van der Waals surface area contributed by atoms with Gasteiger partial charge in [0.25, 0.3) is 0 Å². The van der Waals surface area contributed by atoms with Crippen LogP contribution in [0.4, 0.5) is 16.4 Å². The molecule has 2 aromatic heterocycles. The molecule has 25 heavy (non-hydrogen) atoms. The Morgan fingerprint density at radius 2 is 2.00 bits per heavy atom. The highest BCUT2D eigenvalue weighted by Gasteiger charge is 2.27. The molecule has 0 aliphatic carbocycles. The molecule has 4 rings (SSSR count). The molecule has 3 aromatic rings. The second-order valence-corrected chi connectivity index (χ2v) is 5.62. The van der Waals surface area contributed by atoms with Gasteiger partial charge in [-0.3, -0.25) is 0 Å². The van der Waals surface area contributed by atoms with Crippen LogP contribution in [0.25, 0.3) is 11.0 Å². The number of carbonyl (C=O) groups excluding carboxylic acids is 1. The smallest absolute Gasteiger partial charge is 0.343 e. The number of nitrogens with zero attached hydrogens (tertiary/aromatic N) is 4. The predicted molar refractivity (Wildman–Crippen MR) is 94.2 cm³/mol. The van der Waals surface area contributed by atoms with Gasteiger partial charge in [-0.2, -0.15) is 5.01 Å². The number of urea groups is 1. The van der Waals surface area contributed by atoms with E-state index in [9.17, 15) is 4.79 Å². The van der Waals surface area contributed by atoms with Crippen molar-refractivity contribution in [3.63, 3.8) is 0 Å². The van der Waals surface area contributed by atoms with Gasteiger partial charge in [0.05, 0.1) is 30.4 Å². The number of hydrogen-bond acceptors (Lipinski definition) is 5. The van der Waals surface area contributed by atoms with Gasteiger partial charge in [0.2, 0.25) is 5.95 Å². The third kappa shape index (κ3) is 3.30. The number of carbonyl (C=O) groups is 1. The minimum atomic E-state index is -0.303. The number of fused-ring (bicyclic) bond motifs is 1. The van der Waals surface area contributed by atoms with E-state index in [1.165, 1.54) is 5.01 Å². The van der Waals surface area contributed by atoms with E-state index in [-0.39, 0.29) is 6.03 Å². The van der Waals surface area contributed by atoms with Gasteiger partial charge in [0.1, 0.15) is 0 Å². The molecule has 0 unspecified atom stereocenters. The maximum Gasteiger partial charge on any atom is 0.343 e. The first-order valence-corrected chi connectivity index (χ1v) is 8.10. The molecule has 128 valence electrons. The molecule has 1 saturated heterocycles. The molecule has 0 atom stereocenters. The third-order valence-electron chi connectivity index (χ3n) is 3.96. The van der Waals surface area contributed by atoms with Crippen LogP contribution in [-0.2, 0) is 4.74 Å². The number of nitrogens with one attached hydrogen (secondary N) is 2. The van der Waals surface area contributed by atoms with Crippen LogP contribution in [0.15, 0.2) is 48.8 Å². The second kappa shape index (κ2) is 6.88. The summed E-state index contributed by atoms with van der Waals surface area (Å²) in [6.45, 7) is 2.30. The van der Waals surface area contributed by atoms with E-state index < -0.39 is 0 Å². The lowest BCUT2D eigenvalue weighted by atomic mass is 10.3. The zero-order chi connectivity index (χ0) is 17.1. The molecule has 1 fully saturated rings. The number of morpholine rings is 1. The summed E-state index contributed by atoms with van der Waals surface area (Å²) in [6.07, 6.45) is 3.48. The SMILES string of the molecule is O=C(Nc1ccccc1)N(c1ncc2[nH]ccc2n1)N1CCOCC1. The fourth-order valence-electron chi connectivity index (χ4n) is 2.73. The summed E-state index contributed by atoms with van der Waals surface area (Å²) in [6, 6.07) is 10.9. The van der Waals surface area contributed by atoms with Crippen LogP contribution in [-0.4, -0.2) is 52.3 Å². The first kappa shape index (κ1) is 15.6. The van der Waals surface area contributed by atoms with Gasteiger partial charge in [-0.25, -0.2) is 19.8 Å². The highest BCUT2D eigenvalue weighted by atomic mass is 16.5. The molecular weight excluding hydrogens is 320 g/mol. The van der Waals surface area contributed by atoms with Crippen molar-refractivity contribution in [2.75, 3.05) is 36.6 Å². The molecule has 0 radical (unpaired) electrons. The fraction of sp³-hybridized carbons (Fsp3) is 0.235. The number of H-pyrrole nitrogens is 1. The van der Waals surface area contributed by atoms with Gasteiger partial charge in [-0.05, 0) is 18.2 Å². The standard InChI is InChI=1S/C17H18N6O2/c24-17(20-13-4-2-1-3-5-13)23(22-8-10-25-11-9-22)16-19-12-15-14(21-16)6-7-18-15/h1-7,12,18H,8-11H2,(H,20,24). The van der Waals surface area contributed by atoms with Crippen LogP contribution in [0.5, 0.6) is 0 Å². The van der Waals surface area contributed by atoms with Crippen molar-refractivity contribution < 1.29 is 9.53 Å². The maximum atomic E-state index is 12.9. The minimum Gasteiger partial charge on any atom is -0.379 e. The summed E-state index contributed by atoms with van der Waals surface area (Å²) in [5, 5.41) is 6.28. The monoisotopic (exact) mass is 338 g/mol. The van der Waals surface area contributed by atoms with Crippen LogP contribution < -0.4 is 10.3 Å². The number of benzene rings is 1. The zero-order valence-corrected chi connectivity index (χ0v) is 13.6. The minimum absolute atomic E-state index is 0.303. The Kier molecular flexibility index (Phi) is 4.28. The number of para-hydroxylation sites is 1. The Bertz CT molecular complexity index is 860. The van der Waals surface area contributed by atoms with Crippen LogP contribution in [0.2, 0.25) is 0 Å². The van der Waals surface area contributed by atoms with Crippen LogP contribution in [0.3, 0.4) is 0 Å². The van der Waals surface area contributed by atoms with E-state index in [2.05, 4.69) is 20.3 Å². The lowest BCUT2D eigenvalue weighted by molar-refractivity contribution is 0.0360. The van der Waals surface area contributed by atoms with E-state index in [4.69, 9.17) is 4.74 Å². The number of anilines is 2. The van der Waals surface area contributed by atoms with Crippen molar-refractivity contribution in [3.05, 3.63) is 48.8 Å². The van der Waals surface area contributed by atoms with Gasteiger partial charge >= 0.3 is 6.03 Å². The van der Waals surface area contributed by atoms with Gasteiger partial charge in [0.15, 0.2) is 0 Å². The third-order valence-corrected chi connectivity index (χ3v) is 3.96. The number of aromatic nitrogens is 3. The molecule has 2 N–H and O–H groups in total. The number of amides is 2. The molecule has 0 saturated carbocycles. The van der Waals surface area contributed by atoms with Crippen molar-refractivity contribution in [1.29, 1.82) is 0 Å². The van der Waals surface area contributed by atoms with E-state index in [0.29, 0.717) is 37.9 Å². The van der Waals surface area contributed by atoms with Crippen LogP contribution in [0.1, 0.15) is 0 Å². The second-order valence-electron chi connectivity index (χ2n) is 5.62. The summed E-state index contributed by atoms with van der Waals surface area (Å²) in [7, 11) is 0. The molecule has 2 amide bonds. The van der Waals surface area contributed by atoms with Gasteiger partial charge < -0.3 is 15.0 Å². The molecule has 1 aliphatic rings. The normalized spacial score (nSPS) is 15.2. The first-order chi connectivity index (χ1) is 12.3. The summed E-state index contributed by atoms with van der Waals surface area (Å²) in [5.41, 5.74) is 2.30. The zero-order valence-electron chi connectivity index (χ0n) is 13.6. The van der Waals surface area contributed by atoms with Gasteiger partial charge in [-0.15, -0.1) is 0 Å². The van der Waals surface area contributed by atoms with Crippen LogP contribution >= 0.6 is 0 Å². The fourth-order valence-corrected chi connectivity index (χ4v) is 2.73. The lowest BCUT2D eigenvalue weighted by Crippen LogP contribution is -2.54. The Hall–Kier alpha value is -2.97. The van der Waals surface area contributed by atoms with Gasteiger partial charge in [0, 0.05) is 25.0 Å². The molecular formula is C17H18N6O2. The van der Waals surface area contributed by atoms with Crippen molar-refractivity contribution in [2.24, 2.45) is 0 Å². The number of hydrazine groups is 1. The topological polar surface area (TPSA) is 86.4 Å². The molecule has 1 aromatic carbocycles. The summed E-state index contributed by atoms with van der Waals surface area (Å²) < 4.78 is 5.40. The first-order valence-electron chi connectivity index (χ1n) is 8.10. The van der Waals surface area contributed by atoms with E-state index in [1.807, 2.05) is 41.4 Å². The highest BCUT2D eigenvalue weighted by molar-refractivity contribution is 6.00. The number of rotatable bonds is 3. The molecule has 8 heteroatoms. The number of aromatic amines is 1. The van der Waals surface area contributed by atoms with E-state index in [1.54, 1.807) is 12.4 Å². The van der Waals surface area contributed by atoms with Crippen molar-refractivity contribution in [1.82, 2.24) is 20.0 Å². The number of hydrogen-bond donors (Lipinski definition) is 2. The molecule has 0 bridgehead atoms. The van der Waals surface area contributed by atoms with Crippen molar-refractivity contribution in [2.45, 2.75) is 0 Å². The molecule has 3 heterocycles. The Morgan fingerprint density at radius 1 is 1.20 bits per heavy atom. The largest absolute Gasteiger partial charge is 0.379 e. The predicted octanol–water partition coefficient (Wildman–Crippen LogP) is 2.24. The number of ether oxygens (including phenoxy) is 1. The molecule has 8 nitrogen and oxygen atoms in total. The van der Waals surface area contributed by atoms with E-state index >= 15 is 0 Å². The Labute approximate surface area is 144 Å². The Morgan fingerprint density at radius 3 is 2.80 bits per heavy atom. The van der Waals surface area contributed by atoms with E-state index in [0.717, 1.165) is 11.0 Å². The van der Waals surface area contributed by atoms with Crippen LogP contribution in [0, 0.1) is 0 Å². The quantitative estimate of drug-likeness (QED) is 0.765. The average molecular weight is 338 g/mol. The Balaban J connectivity index is 1.66. The lowest BCUT2D eigenvalue weighted by Gasteiger charge is -2.35. The summed E-state index contributed by atoms with van der Waals surface area (Å²) in [4.78, 5) is 24.9. The highest BCUT2D eigenvalue weighted by Crippen LogP contribution is 2.18. The molecule has 0 spiro atoms. The van der Waals surface area contributed by atoms with Crippen molar-refractivity contribution in [3.8, 4) is 0 Å². The average Bonchev–Trinajstić information content (AvgIpc) is 3.11. The maximum absolute atomic E-state index is 12.9. The summed E-state index contributed by atoms with van der Waals surface area (Å²) >= 11 is 0. The van der Waals surface area contributed by atoms with Gasteiger partial charge in [-0.1, -0.05) is 18.2 Å². The van der Waals surface area contributed by atoms with Crippen molar-refractivity contribution >= 4 is 28.7 Å². The molecule has 1 aliphatic heterocycles.